The predicted molar refractivity (Wildman–Crippen MR) is 86.1 cm³/mol. The van der Waals surface area contributed by atoms with Crippen molar-refractivity contribution in [3.8, 4) is 0 Å². The lowest BCUT2D eigenvalue weighted by atomic mass is 9.81. The van der Waals surface area contributed by atoms with Crippen molar-refractivity contribution < 1.29 is 0 Å². The van der Waals surface area contributed by atoms with Crippen LogP contribution in [0, 0.1) is 0 Å². The number of rotatable bonds is 6. The summed E-state index contributed by atoms with van der Waals surface area (Å²) in [5.74, 6) is 0. The van der Waals surface area contributed by atoms with E-state index in [2.05, 4.69) is 6.07 Å². The molecule has 0 aliphatic heterocycles. The summed E-state index contributed by atoms with van der Waals surface area (Å²) in [6, 6.07) is 8.28. The third-order valence-electron chi connectivity index (χ3n) is 3.67. The molecule has 114 valence electrons. The molecule has 1 aromatic carbocycles. The normalized spacial score (nSPS) is 20.8. The Morgan fingerprint density at radius 3 is 1.55 bits per heavy atom. The maximum absolute atomic E-state index is 6.41. The first kappa shape index (κ1) is 17.1. The van der Waals surface area contributed by atoms with Crippen LogP contribution in [0.15, 0.2) is 24.3 Å². The summed E-state index contributed by atoms with van der Waals surface area (Å²) < 4.78 is 0. The standard InChI is InChI=1S/C16H30N4/c1-11(17)9-15(3,19)13-6-5-7-14(8-13)16(4,20)10-12(2)18/h5-8,11-12H,9-10,17-20H2,1-4H3. The second-order valence-electron chi connectivity index (χ2n) is 6.78. The smallest absolute Gasteiger partial charge is 0.0395 e. The zero-order chi connectivity index (χ0) is 15.6. The molecule has 0 radical (unpaired) electrons. The monoisotopic (exact) mass is 278 g/mol. The maximum atomic E-state index is 6.41. The minimum atomic E-state index is -0.450. The minimum absolute atomic E-state index is 0.0574. The summed E-state index contributed by atoms with van der Waals surface area (Å²) in [6.07, 6.45) is 1.45. The lowest BCUT2D eigenvalue weighted by Gasteiger charge is -2.31. The van der Waals surface area contributed by atoms with Gasteiger partial charge in [0.2, 0.25) is 0 Å². The van der Waals surface area contributed by atoms with E-state index in [-0.39, 0.29) is 12.1 Å². The Hall–Kier alpha value is -0.940. The van der Waals surface area contributed by atoms with Crippen molar-refractivity contribution in [3.05, 3.63) is 35.4 Å². The van der Waals surface area contributed by atoms with Gasteiger partial charge in [-0.1, -0.05) is 24.3 Å². The van der Waals surface area contributed by atoms with Gasteiger partial charge in [-0.25, -0.2) is 0 Å². The highest BCUT2D eigenvalue weighted by atomic mass is 14.8. The number of nitrogens with two attached hydrogens (primary N) is 4. The molecule has 4 atom stereocenters. The molecule has 1 aromatic rings. The molecule has 8 N–H and O–H groups in total. The van der Waals surface area contributed by atoms with Crippen LogP contribution in [-0.4, -0.2) is 12.1 Å². The fraction of sp³-hybridized carbons (Fsp3) is 0.625. The number of hydrogen-bond acceptors (Lipinski definition) is 4. The molecular weight excluding hydrogens is 248 g/mol. The van der Waals surface area contributed by atoms with Gasteiger partial charge in [-0.15, -0.1) is 0 Å². The van der Waals surface area contributed by atoms with E-state index in [4.69, 9.17) is 22.9 Å². The van der Waals surface area contributed by atoms with E-state index in [0.717, 1.165) is 24.0 Å². The molecule has 1 rings (SSSR count). The van der Waals surface area contributed by atoms with Crippen molar-refractivity contribution in [1.82, 2.24) is 0 Å². The minimum Gasteiger partial charge on any atom is -0.328 e. The quantitative estimate of drug-likeness (QED) is 0.633. The van der Waals surface area contributed by atoms with Crippen LogP contribution in [0.25, 0.3) is 0 Å². The van der Waals surface area contributed by atoms with Gasteiger partial charge in [-0.2, -0.15) is 0 Å². The summed E-state index contributed by atoms with van der Waals surface area (Å²) in [4.78, 5) is 0. The SMILES string of the molecule is CC(N)CC(C)(N)c1cccc(C(C)(N)CC(C)N)c1. The molecule has 0 saturated carbocycles. The third kappa shape index (κ3) is 4.56. The van der Waals surface area contributed by atoms with Crippen LogP contribution in [-0.2, 0) is 11.1 Å². The zero-order valence-electron chi connectivity index (χ0n) is 13.2. The Kier molecular flexibility index (Phi) is 5.33. The zero-order valence-corrected chi connectivity index (χ0v) is 13.2. The van der Waals surface area contributed by atoms with Crippen molar-refractivity contribution in [2.75, 3.05) is 0 Å². The molecule has 4 nitrogen and oxygen atoms in total. The second kappa shape index (κ2) is 6.22. The van der Waals surface area contributed by atoms with Crippen molar-refractivity contribution in [1.29, 1.82) is 0 Å². The first-order valence-electron chi connectivity index (χ1n) is 7.24. The number of benzene rings is 1. The van der Waals surface area contributed by atoms with Crippen LogP contribution < -0.4 is 22.9 Å². The van der Waals surface area contributed by atoms with Crippen molar-refractivity contribution in [2.45, 2.75) is 63.7 Å². The van der Waals surface area contributed by atoms with Crippen molar-refractivity contribution in [3.63, 3.8) is 0 Å². The molecule has 0 saturated heterocycles. The molecule has 0 bridgehead atoms. The van der Waals surface area contributed by atoms with E-state index < -0.39 is 11.1 Å². The van der Waals surface area contributed by atoms with Gasteiger partial charge in [0.05, 0.1) is 0 Å². The molecule has 4 heteroatoms. The van der Waals surface area contributed by atoms with Crippen LogP contribution in [0.3, 0.4) is 0 Å². The van der Waals surface area contributed by atoms with E-state index in [9.17, 15) is 0 Å². The van der Waals surface area contributed by atoms with Crippen LogP contribution >= 0.6 is 0 Å². The van der Waals surface area contributed by atoms with Gasteiger partial charge in [0, 0.05) is 23.2 Å². The van der Waals surface area contributed by atoms with Crippen molar-refractivity contribution in [2.24, 2.45) is 22.9 Å². The first-order valence-corrected chi connectivity index (χ1v) is 7.24. The topological polar surface area (TPSA) is 104 Å². The lowest BCUT2D eigenvalue weighted by molar-refractivity contribution is 0.402. The van der Waals surface area contributed by atoms with Crippen LogP contribution in [0.2, 0.25) is 0 Å². The molecule has 0 fully saturated rings. The van der Waals surface area contributed by atoms with Gasteiger partial charge < -0.3 is 22.9 Å². The van der Waals surface area contributed by atoms with Gasteiger partial charge in [-0.05, 0) is 51.7 Å². The molecule has 20 heavy (non-hydrogen) atoms. The Bertz CT molecular complexity index is 399. The Balaban J connectivity index is 3.07. The predicted octanol–water partition coefficient (Wildman–Crippen LogP) is 1.51. The van der Waals surface area contributed by atoms with Gasteiger partial charge in [0.15, 0.2) is 0 Å². The Morgan fingerprint density at radius 1 is 0.900 bits per heavy atom. The highest BCUT2D eigenvalue weighted by molar-refractivity contribution is 5.33. The van der Waals surface area contributed by atoms with Gasteiger partial charge in [-0.3, -0.25) is 0 Å². The van der Waals surface area contributed by atoms with E-state index in [1.165, 1.54) is 0 Å². The van der Waals surface area contributed by atoms with E-state index in [1.54, 1.807) is 0 Å². The highest BCUT2D eigenvalue weighted by Gasteiger charge is 2.27. The summed E-state index contributed by atoms with van der Waals surface area (Å²) in [5.41, 5.74) is 25.8. The molecule has 0 aliphatic rings. The summed E-state index contributed by atoms with van der Waals surface area (Å²) in [6.45, 7) is 7.96. The van der Waals surface area contributed by atoms with E-state index in [0.29, 0.717) is 0 Å². The molecule has 4 unspecified atom stereocenters. The largest absolute Gasteiger partial charge is 0.328 e. The van der Waals surface area contributed by atoms with Crippen LogP contribution in [0.5, 0.6) is 0 Å². The number of hydrogen-bond donors (Lipinski definition) is 4. The second-order valence-corrected chi connectivity index (χ2v) is 6.78. The fourth-order valence-corrected chi connectivity index (χ4v) is 2.80. The molecule has 0 aliphatic carbocycles. The summed E-state index contributed by atoms with van der Waals surface area (Å²) in [5, 5.41) is 0. The summed E-state index contributed by atoms with van der Waals surface area (Å²) >= 11 is 0. The Labute approximate surface area is 122 Å². The molecule has 0 spiro atoms. The molecular formula is C16H30N4. The van der Waals surface area contributed by atoms with E-state index in [1.807, 2.05) is 45.9 Å². The highest BCUT2D eigenvalue weighted by Crippen LogP contribution is 2.28. The first-order chi connectivity index (χ1) is 9.04. The fourth-order valence-electron chi connectivity index (χ4n) is 2.80. The Morgan fingerprint density at radius 2 is 1.25 bits per heavy atom. The lowest BCUT2D eigenvalue weighted by Crippen LogP contribution is -2.41. The molecule has 0 heterocycles. The van der Waals surface area contributed by atoms with Crippen molar-refractivity contribution >= 4 is 0 Å². The maximum Gasteiger partial charge on any atom is 0.0395 e. The van der Waals surface area contributed by atoms with Crippen LogP contribution in [0.4, 0.5) is 0 Å². The van der Waals surface area contributed by atoms with Crippen LogP contribution in [0.1, 0.15) is 51.7 Å². The molecule has 0 aromatic heterocycles. The molecule has 0 amide bonds. The average Bonchev–Trinajstić information content (AvgIpc) is 2.25. The van der Waals surface area contributed by atoms with Gasteiger partial charge in [0.25, 0.3) is 0 Å². The van der Waals surface area contributed by atoms with Gasteiger partial charge >= 0.3 is 0 Å². The average molecular weight is 278 g/mol. The summed E-state index contributed by atoms with van der Waals surface area (Å²) in [7, 11) is 0. The van der Waals surface area contributed by atoms with E-state index >= 15 is 0 Å². The van der Waals surface area contributed by atoms with Gasteiger partial charge in [0.1, 0.15) is 0 Å². The third-order valence-corrected chi connectivity index (χ3v) is 3.67.